The van der Waals surface area contributed by atoms with Crippen molar-refractivity contribution in [3.63, 3.8) is 0 Å². The van der Waals surface area contributed by atoms with E-state index in [0.717, 1.165) is 19.5 Å². The van der Waals surface area contributed by atoms with Crippen molar-refractivity contribution in [3.8, 4) is 0 Å². The van der Waals surface area contributed by atoms with Crippen LogP contribution in [-0.4, -0.2) is 48.2 Å². The summed E-state index contributed by atoms with van der Waals surface area (Å²) in [4.78, 5) is 26.8. The summed E-state index contributed by atoms with van der Waals surface area (Å²) in [6, 6.07) is 7.92. The Morgan fingerprint density at radius 1 is 1.22 bits per heavy atom. The minimum absolute atomic E-state index is 0.0284. The van der Waals surface area contributed by atoms with E-state index in [1.54, 1.807) is 6.92 Å². The molecule has 0 saturated heterocycles. The van der Waals surface area contributed by atoms with Gasteiger partial charge >= 0.3 is 6.09 Å². The Balaban J connectivity index is 1.95. The van der Waals surface area contributed by atoms with Crippen LogP contribution >= 0.6 is 0 Å². The van der Waals surface area contributed by atoms with Gasteiger partial charge in [0.1, 0.15) is 6.04 Å². The van der Waals surface area contributed by atoms with Crippen LogP contribution in [0, 0.1) is 5.92 Å². The van der Waals surface area contributed by atoms with Gasteiger partial charge in [-0.1, -0.05) is 38.1 Å². The molecule has 2 amide bonds. The molecule has 6 heteroatoms. The fourth-order valence-corrected chi connectivity index (χ4v) is 3.37. The summed E-state index contributed by atoms with van der Waals surface area (Å²) >= 11 is 0. The van der Waals surface area contributed by atoms with Crippen molar-refractivity contribution in [1.29, 1.82) is 0 Å². The molecule has 2 N–H and O–H groups in total. The van der Waals surface area contributed by atoms with Crippen LogP contribution in [0.4, 0.5) is 4.79 Å². The summed E-state index contributed by atoms with van der Waals surface area (Å²) < 4.78 is 4.91. The van der Waals surface area contributed by atoms with Crippen molar-refractivity contribution in [1.82, 2.24) is 15.5 Å². The standard InChI is InChI=1S/C21H33N3O3/c1-6-27-20(26)23-18(15(2)3)19(25)22-14-21(4,5)24-12-11-16-9-7-8-10-17(16)13-24/h7-10,15,18H,6,11-14H2,1-5H3,(H,22,25)(H,23,26). The summed E-state index contributed by atoms with van der Waals surface area (Å²) in [7, 11) is 0. The molecule has 0 bridgehead atoms. The zero-order valence-electron chi connectivity index (χ0n) is 17.2. The summed E-state index contributed by atoms with van der Waals surface area (Å²) in [6.45, 7) is 12.5. The number of carbonyl (C=O) groups is 2. The Kier molecular flexibility index (Phi) is 7.25. The predicted octanol–water partition coefficient (Wildman–Crippen LogP) is 2.71. The van der Waals surface area contributed by atoms with Crippen molar-refractivity contribution < 1.29 is 14.3 Å². The summed E-state index contributed by atoms with van der Waals surface area (Å²) in [5.41, 5.74) is 2.58. The number of hydrogen-bond acceptors (Lipinski definition) is 4. The third kappa shape index (κ3) is 5.70. The third-order valence-corrected chi connectivity index (χ3v) is 5.18. The molecule has 0 fully saturated rings. The van der Waals surface area contributed by atoms with E-state index < -0.39 is 12.1 Å². The molecule has 1 aliphatic rings. The van der Waals surface area contributed by atoms with Crippen LogP contribution in [-0.2, 0) is 22.5 Å². The molecule has 27 heavy (non-hydrogen) atoms. The highest BCUT2D eigenvalue weighted by Crippen LogP contribution is 2.25. The lowest BCUT2D eigenvalue weighted by atomic mass is 9.93. The largest absolute Gasteiger partial charge is 0.450 e. The molecule has 1 atom stereocenters. The van der Waals surface area contributed by atoms with Gasteiger partial charge in [0.2, 0.25) is 5.91 Å². The topological polar surface area (TPSA) is 70.7 Å². The Morgan fingerprint density at radius 3 is 2.52 bits per heavy atom. The molecule has 0 spiro atoms. The van der Waals surface area contributed by atoms with Crippen molar-refractivity contribution >= 4 is 12.0 Å². The molecule has 0 radical (unpaired) electrons. The first-order chi connectivity index (χ1) is 12.7. The van der Waals surface area contributed by atoms with Crippen molar-refractivity contribution in [3.05, 3.63) is 35.4 Å². The van der Waals surface area contributed by atoms with Crippen molar-refractivity contribution in [2.45, 2.75) is 59.2 Å². The molecule has 1 unspecified atom stereocenters. The van der Waals surface area contributed by atoms with E-state index >= 15 is 0 Å². The Bertz CT molecular complexity index is 658. The molecule has 1 heterocycles. The van der Waals surface area contributed by atoms with Gasteiger partial charge in [-0.15, -0.1) is 0 Å². The first-order valence-corrected chi connectivity index (χ1v) is 9.77. The Labute approximate surface area is 162 Å². The maximum Gasteiger partial charge on any atom is 0.407 e. The van der Waals surface area contributed by atoms with Crippen molar-refractivity contribution in [2.75, 3.05) is 19.7 Å². The number of carbonyl (C=O) groups excluding carboxylic acids is 2. The highest BCUT2D eigenvalue weighted by molar-refractivity contribution is 5.85. The number of fused-ring (bicyclic) bond motifs is 1. The van der Waals surface area contributed by atoms with Gasteiger partial charge in [-0.3, -0.25) is 9.69 Å². The molecule has 1 aromatic carbocycles. The molecule has 0 aromatic heterocycles. The van der Waals surface area contributed by atoms with Gasteiger partial charge in [0.05, 0.1) is 6.61 Å². The van der Waals surface area contributed by atoms with Gasteiger partial charge in [0.25, 0.3) is 0 Å². The minimum Gasteiger partial charge on any atom is -0.450 e. The SMILES string of the molecule is CCOC(=O)NC(C(=O)NCC(C)(C)N1CCc2ccccc2C1)C(C)C. The van der Waals surface area contributed by atoms with E-state index in [1.165, 1.54) is 11.1 Å². The van der Waals surface area contributed by atoms with Crippen LogP contribution in [0.2, 0.25) is 0 Å². The van der Waals surface area contributed by atoms with Crippen LogP contribution in [0.3, 0.4) is 0 Å². The molecule has 2 rings (SSSR count). The van der Waals surface area contributed by atoms with Crippen molar-refractivity contribution in [2.24, 2.45) is 5.92 Å². The second-order valence-electron chi connectivity index (χ2n) is 8.06. The van der Waals surface area contributed by atoms with E-state index in [2.05, 4.69) is 53.6 Å². The van der Waals surface area contributed by atoms with Crippen LogP contribution in [0.15, 0.2) is 24.3 Å². The van der Waals surface area contributed by atoms with E-state index in [-0.39, 0.29) is 24.0 Å². The number of ether oxygens (including phenoxy) is 1. The fourth-order valence-electron chi connectivity index (χ4n) is 3.37. The molecule has 0 aliphatic carbocycles. The Hall–Kier alpha value is -2.08. The minimum atomic E-state index is -0.609. The zero-order valence-corrected chi connectivity index (χ0v) is 17.2. The normalized spacial score (nSPS) is 15.8. The summed E-state index contributed by atoms with van der Waals surface area (Å²) in [5, 5.41) is 5.68. The number of amides is 2. The number of hydrogen-bond donors (Lipinski definition) is 2. The molecule has 1 aliphatic heterocycles. The first kappa shape index (κ1) is 21.2. The van der Waals surface area contributed by atoms with E-state index in [1.807, 2.05) is 13.8 Å². The maximum absolute atomic E-state index is 12.7. The number of rotatable bonds is 7. The Morgan fingerprint density at radius 2 is 1.89 bits per heavy atom. The van der Waals surface area contributed by atoms with Crippen LogP contribution in [0.25, 0.3) is 0 Å². The molecule has 0 saturated carbocycles. The number of alkyl carbamates (subject to hydrolysis) is 1. The molecular weight excluding hydrogens is 342 g/mol. The molecule has 150 valence electrons. The smallest absolute Gasteiger partial charge is 0.407 e. The summed E-state index contributed by atoms with van der Waals surface area (Å²) in [5.74, 6) is -0.206. The van der Waals surface area contributed by atoms with Crippen LogP contribution in [0.1, 0.15) is 45.7 Å². The van der Waals surface area contributed by atoms with E-state index in [4.69, 9.17) is 4.74 Å². The van der Waals surface area contributed by atoms with Gasteiger partial charge in [-0.25, -0.2) is 4.79 Å². The number of nitrogens with one attached hydrogen (secondary N) is 2. The molecular formula is C21H33N3O3. The van der Waals surface area contributed by atoms with Crippen LogP contribution in [0.5, 0.6) is 0 Å². The number of benzene rings is 1. The predicted molar refractivity (Wildman–Crippen MR) is 106 cm³/mol. The fraction of sp³-hybridized carbons (Fsp3) is 0.619. The van der Waals surface area contributed by atoms with Crippen LogP contribution < -0.4 is 10.6 Å². The van der Waals surface area contributed by atoms with Gasteiger partial charge < -0.3 is 15.4 Å². The summed E-state index contributed by atoms with van der Waals surface area (Å²) in [6.07, 6.45) is 0.463. The lowest BCUT2D eigenvalue weighted by Crippen LogP contribution is -2.56. The maximum atomic E-state index is 12.7. The molecule has 1 aromatic rings. The second kappa shape index (κ2) is 9.22. The second-order valence-corrected chi connectivity index (χ2v) is 8.06. The van der Waals surface area contributed by atoms with Gasteiger partial charge in [-0.2, -0.15) is 0 Å². The number of nitrogens with zero attached hydrogens (tertiary/aromatic N) is 1. The van der Waals surface area contributed by atoms with Gasteiger partial charge in [0, 0.05) is 25.2 Å². The molecule has 6 nitrogen and oxygen atoms in total. The van der Waals surface area contributed by atoms with Gasteiger partial charge in [-0.05, 0) is 44.2 Å². The average molecular weight is 376 g/mol. The van der Waals surface area contributed by atoms with E-state index in [0.29, 0.717) is 6.54 Å². The monoisotopic (exact) mass is 375 g/mol. The van der Waals surface area contributed by atoms with Gasteiger partial charge in [0.15, 0.2) is 0 Å². The lowest BCUT2D eigenvalue weighted by Gasteiger charge is -2.42. The quantitative estimate of drug-likeness (QED) is 0.769. The average Bonchev–Trinajstić information content (AvgIpc) is 2.64. The third-order valence-electron chi connectivity index (χ3n) is 5.18. The lowest BCUT2D eigenvalue weighted by molar-refractivity contribution is -0.124. The van der Waals surface area contributed by atoms with E-state index in [9.17, 15) is 9.59 Å². The first-order valence-electron chi connectivity index (χ1n) is 9.77. The zero-order chi connectivity index (χ0) is 20.0. The highest BCUT2D eigenvalue weighted by atomic mass is 16.5. The highest BCUT2D eigenvalue weighted by Gasteiger charge is 2.32.